The van der Waals surface area contributed by atoms with Gasteiger partial charge in [0.1, 0.15) is 12.2 Å². The summed E-state index contributed by atoms with van der Waals surface area (Å²) >= 11 is 0. The zero-order valence-corrected chi connectivity index (χ0v) is 20.4. The fourth-order valence-electron chi connectivity index (χ4n) is 4.81. The minimum absolute atomic E-state index is 0.141. The van der Waals surface area contributed by atoms with E-state index in [2.05, 4.69) is 10.2 Å². The van der Waals surface area contributed by atoms with Gasteiger partial charge in [0.2, 0.25) is 6.41 Å². The number of aryl methyl sites for hydroxylation is 1. The van der Waals surface area contributed by atoms with E-state index >= 15 is 0 Å². The SMILES string of the molecule is C[C@@H](c1cccc(-n2cc3c(C(F)(F)F)cc(CN4CCN(C=O)CC4)cn3c2=O)c1)c1nncn1C. The van der Waals surface area contributed by atoms with Gasteiger partial charge >= 0.3 is 11.9 Å². The van der Waals surface area contributed by atoms with E-state index in [1.165, 1.54) is 17.0 Å². The maximum Gasteiger partial charge on any atom is 0.418 e. The number of rotatable bonds is 6. The van der Waals surface area contributed by atoms with Crippen molar-refractivity contribution in [3.63, 3.8) is 0 Å². The second-order valence-electron chi connectivity index (χ2n) is 9.33. The number of amides is 1. The molecule has 0 aliphatic carbocycles. The third-order valence-electron chi connectivity index (χ3n) is 6.87. The van der Waals surface area contributed by atoms with Crippen molar-refractivity contribution in [3.8, 4) is 5.69 Å². The van der Waals surface area contributed by atoms with Crippen LogP contribution < -0.4 is 5.69 Å². The topological polar surface area (TPSA) is 80.7 Å². The molecule has 0 saturated carbocycles. The van der Waals surface area contributed by atoms with Crippen LogP contribution in [0.4, 0.5) is 13.2 Å². The van der Waals surface area contributed by atoms with Crippen LogP contribution in [0.1, 0.15) is 35.4 Å². The van der Waals surface area contributed by atoms with Crippen molar-refractivity contribution in [3.05, 3.63) is 82.1 Å². The lowest BCUT2D eigenvalue weighted by molar-refractivity contribution is -0.136. The second-order valence-corrected chi connectivity index (χ2v) is 9.33. The Hall–Kier alpha value is -3.93. The Morgan fingerprint density at radius 2 is 1.86 bits per heavy atom. The molecule has 1 aliphatic heterocycles. The second kappa shape index (κ2) is 9.51. The van der Waals surface area contributed by atoms with E-state index in [-0.39, 0.29) is 18.0 Å². The summed E-state index contributed by atoms with van der Waals surface area (Å²) in [6.45, 7) is 4.31. The molecular formula is C25H26F3N7O2. The standard InChI is InChI=1S/C25H26F3N7O2/c1-17(23-30-29-15-31(23)2)19-4-3-5-20(11-19)34-14-22-21(25(26,27)28)10-18(13-35(22)24(34)37)12-32-6-8-33(16-36)9-7-32/h3-5,10-11,13-17H,6-9,12H2,1-2H3/t17-/m0/s1. The van der Waals surface area contributed by atoms with Crippen LogP contribution in [0.3, 0.4) is 0 Å². The van der Waals surface area contributed by atoms with Crippen molar-refractivity contribution >= 4 is 11.9 Å². The number of halogens is 3. The van der Waals surface area contributed by atoms with Crippen LogP contribution in [0.2, 0.25) is 0 Å². The summed E-state index contributed by atoms with van der Waals surface area (Å²) in [7, 11) is 1.83. The van der Waals surface area contributed by atoms with Gasteiger partial charge in [0, 0.05) is 58.1 Å². The summed E-state index contributed by atoms with van der Waals surface area (Å²) < 4.78 is 46.4. The van der Waals surface area contributed by atoms with E-state index in [0.29, 0.717) is 37.4 Å². The molecule has 4 heterocycles. The van der Waals surface area contributed by atoms with Gasteiger partial charge in [-0.15, -0.1) is 10.2 Å². The maximum atomic E-state index is 14.1. The van der Waals surface area contributed by atoms with Crippen LogP contribution in [0.25, 0.3) is 11.2 Å². The molecule has 4 aromatic rings. The first kappa shape index (κ1) is 24.8. The van der Waals surface area contributed by atoms with E-state index in [1.807, 2.05) is 24.9 Å². The molecule has 1 fully saturated rings. The highest BCUT2D eigenvalue weighted by Gasteiger charge is 2.35. The number of carbonyl (C=O) groups is 1. The Balaban J connectivity index is 1.54. The molecule has 1 saturated heterocycles. The molecule has 194 valence electrons. The van der Waals surface area contributed by atoms with Crippen molar-refractivity contribution in [1.29, 1.82) is 0 Å². The fraction of sp³-hybridized carbons (Fsp3) is 0.360. The van der Waals surface area contributed by atoms with Gasteiger partial charge in [0.25, 0.3) is 0 Å². The summed E-state index contributed by atoms with van der Waals surface area (Å²) in [5.74, 6) is 0.585. The molecule has 1 aromatic carbocycles. The Bertz CT molecular complexity index is 1500. The highest BCUT2D eigenvalue weighted by molar-refractivity contribution is 5.58. The average molecular weight is 514 g/mol. The molecule has 37 heavy (non-hydrogen) atoms. The first-order chi connectivity index (χ1) is 17.7. The Morgan fingerprint density at radius 1 is 1.11 bits per heavy atom. The van der Waals surface area contributed by atoms with Gasteiger partial charge < -0.3 is 9.47 Å². The number of benzene rings is 1. The van der Waals surface area contributed by atoms with Gasteiger partial charge in [-0.2, -0.15) is 13.2 Å². The van der Waals surface area contributed by atoms with Crippen LogP contribution in [-0.2, 0) is 24.6 Å². The molecule has 5 rings (SSSR count). The van der Waals surface area contributed by atoms with Gasteiger partial charge in [0.05, 0.1) is 16.8 Å². The molecule has 1 amide bonds. The molecule has 12 heteroatoms. The predicted octanol–water partition coefficient (Wildman–Crippen LogP) is 2.66. The minimum Gasteiger partial charge on any atom is -0.343 e. The molecular weight excluding hydrogens is 487 g/mol. The van der Waals surface area contributed by atoms with Gasteiger partial charge in [-0.3, -0.25) is 18.7 Å². The normalized spacial score (nSPS) is 15.9. The number of hydrogen-bond donors (Lipinski definition) is 0. The van der Waals surface area contributed by atoms with E-state index in [9.17, 15) is 22.8 Å². The number of hydrogen-bond acceptors (Lipinski definition) is 5. The molecule has 0 spiro atoms. The fourth-order valence-corrected chi connectivity index (χ4v) is 4.81. The van der Waals surface area contributed by atoms with Crippen LogP contribution in [0, 0.1) is 0 Å². The molecule has 0 N–H and O–H groups in total. The number of pyridine rings is 1. The summed E-state index contributed by atoms with van der Waals surface area (Å²) in [5.41, 5.74) is 0.0251. The monoisotopic (exact) mass is 513 g/mol. The average Bonchev–Trinajstić information content (AvgIpc) is 3.46. The zero-order valence-electron chi connectivity index (χ0n) is 20.4. The Morgan fingerprint density at radius 3 is 2.51 bits per heavy atom. The van der Waals surface area contributed by atoms with Crippen molar-refractivity contribution in [1.82, 2.24) is 33.5 Å². The summed E-state index contributed by atoms with van der Waals surface area (Å²) in [5, 5.41) is 8.05. The quantitative estimate of drug-likeness (QED) is 0.371. The largest absolute Gasteiger partial charge is 0.418 e. The minimum atomic E-state index is -4.64. The number of fused-ring (bicyclic) bond motifs is 1. The molecule has 0 bridgehead atoms. The van der Waals surface area contributed by atoms with E-state index in [4.69, 9.17) is 0 Å². The Kier molecular flexibility index (Phi) is 6.36. The summed E-state index contributed by atoms with van der Waals surface area (Å²) in [6.07, 6.45) is 0.443. The molecule has 9 nitrogen and oxygen atoms in total. The van der Waals surface area contributed by atoms with Crippen LogP contribution in [0.5, 0.6) is 0 Å². The first-order valence-electron chi connectivity index (χ1n) is 11.9. The number of aromatic nitrogens is 5. The lowest BCUT2D eigenvalue weighted by atomic mass is 10.00. The highest BCUT2D eigenvalue weighted by atomic mass is 19.4. The summed E-state index contributed by atoms with van der Waals surface area (Å²) in [4.78, 5) is 27.9. The van der Waals surface area contributed by atoms with Gasteiger partial charge in [0.15, 0.2) is 0 Å². The lowest BCUT2D eigenvalue weighted by Crippen LogP contribution is -2.45. The zero-order chi connectivity index (χ0) is 26.3. The van der Waals surface area contributed by atoms with Gasteiger partial charge in [-0.25, -0.2) is 4.79 Å². The maximum absolute atomic E-state index is 14.1. The molecule has 0 radical (unpaired) electrons. The third kappa shape index (κ3) is 4.76. The smallest absolute Gasteiger partial charge is 0.343 e. The Labute approximate surface area is 210 Å². The van der Waals surface area contributed by atoms with Crippen molar-refractivity contribution in [2.75, 3.05) is 26.2 Å². The van der Waals surface area contributed by atoms with Gasteiger partial charge in [-0.05, 0) is 29.3 Å². The van der Waals surface area contributed by atoms with Crippen molar-refractivity contribution in [2.45, 2.75) is 25.6 Å². The number of nitrogens with zero attached hydrogens (tertiary/aromatic N) is 7. The van der Waals surface area contributed by atoms with Crippen molar-refractivity contribution in [2.24, 2.45) is 7.05 Å². The van der Waals surface area contributed by atoms with E-state index < -0.39 is 17.4 Å². The van der Waals surface area contributed by atoms with Crippen LogP contribution in [0.15, 0.2) is 53.8 Å². The number of piperazine rings is 1. The van der Waals surface area contributed by atoms with Crippen LogP contribution >= 0.6 is 0 Å². The predicted molar refractivity (Wildman–Crippen MR) is 129 cm³/mol. The lowest BCUT2D eigenvalue weighted by Gasteiger charge is -2.32. The van der Waals surface area contributed by atoms with Crippen LogP contribution in [-0.4, -0.2) is 66.1 Å². The molecule has 1 aliphatic rings. The highest BCUT2D eigenvalue weighted by Crippen LogP contribution is 2.34. The number of imidazole rings is 1. The van der Waals surface area contributed by atoms with Gasteiger partial charge in [-0.1, -0.05) is 19.1 Å². The van der Waals surface area contributed by atoms with E-state index in [0.717, 1.165) is 28.3 Å². The number of carbonyl (C=O) groups excluding carboxylic acids is 1. The van der Waals surface area contributed by atoms with Crippen molar-refractivity contribution < 1.29 is 18.0 Å². The molecule has 1 atom stereocenters. The summed E-state index contributed by atoms with van der Waals surface area (Å²) in [6, 6.07) is 8.22. The third-order valence-corrected chi connectivity index (χ3v) is 6.87. The molecule has 3 aromatic heterocycles. The van der Waals surface area contributed by atoms with E-state index in [1.54, 1.807) is 34.0 Å². The number of alkyl halides is 3. The first-order valence-corrected chi connectivity index (χ1v) is 11.9. The molecule has 0 unspecified atom stereocenters.